The fourth-order valence-corrected chi connectivity index (χ4v) is 12.0. The van der Waals surface area contributed by atoms with Crippen LogP contribution in [0.4, 0.5) is 0 Å². The summed E-state index contributed by atoms with van der Waals surface area (Å²) in [6.07, 6.45) is 1.90. The molecule has 0 fully saturated rings. The number of fused-ring (bicyclic) bond motifs is 6. The van der Waals surface area contributed by atoms with Crippen LogP contribution in [0.1, 0.15) is 119 Å². The number of pyridine rings is 1. The second-order valence-corrected chi connectivity index (χ2v) is 23.6. The average molecular weight is 1120 g/mol. The molecule has 1 aliphatic rings. The van der Waals surface area contributed by atoms with Crippen LogP contribution in [-0.2, 0) is 41.0 Å². The molecule has 0 spiro atoms. The molecule has 7 aromatic carbocycles. The van der Waals surface area contributed by atoms with Crippen LogP contribution in [0.15, 0.2) is 170 Å². The fourth-order valence-electron chi connectivity index (χ4n) is 10.9. The zero-order valence-electron chi connectivity index (χ0n) is 52.4. The van der Waals surface area contributed by atoms with Gasteiger partial charge in [-0.15, -0.1) is 0 Å². The van der Waals surface area contributed by atoms with Gasteiger partial charge in [0.2, 0.25) is 0 Å². The van der Waals surface area contributed by atoms with Gasteiger partial charge in [0.15, 0.2) is 0 Å². The summed E-state index contributed by atoms with van der Waals surface area (Å²) >= 11 is 2.21. The van der Waals surface area contributed by atoms with Crippen LogP contribution < -0.4 is 4.74 Å². The first kappa shape index (κ1) is 36.4. The van der Waals surface area contributed by atoms with E-state index in [9.17, 15) is 5.48 Å². The standard InChI is InChI=1S/C65H64N4O.Pt/c1-61(2,3)44-34-35-66-57(38-44)69-55-33-32-52-59(64(9,10)65(11,12)63(52,7)8)58(55)49-31-30-48(40-56(49)69)70-47-27-21-26-46(39-47)67-41-68(54-29-20-19-28-53(54)67)60-50(42-22-15-13-16-23-42)36-45(62(4,5)6)37-51(60)43-24-17-14-18-25-43;/h13-40H,1-12H3;/i13D,14D,15D,16D,17D,18D,22D,23D,24D,25D;. The van der Waals surface area contributed by atoms with Gasteiger partial charge in [-0.3, -0.25) is 0 Å². The molecule has 6 heteroatoms. The Kier molecular flexibility index (Phi) is 8.46. The Hall–Kier alpha value is -6.55. The molecule has 1 aliphatic carbocycles. The third kappa shape index (κ3) is 7.36. The molecule has 11 rings (SSSR count). The Morgan fingerprint density at radius 2 is 1.15 bits per heavy atom. The average Bonchev–Trinajstić information content (AvgIpc) is 1.95. The first-order valence-electron chi connectivity index (χ1n) is 29.2. The topological polar surface area (TPSA) is 36.9 Å². The second-order valence-electron chi connectivity index (χ2n) is 22.6. The van der Waals surface area contributed by atoms with Gasteiger partial charge < -0.3 is 0 Å². The van der Waals surface area contributed by atoms with Crippen LogP contribution in [0.2, 0.25) is 0 Å². The number of rotatable bonds is 7. The molecule has 3 heterocycles. The number of hydrogen-bond donors (Lipinski definition) is 0. The van der Waals surface area contributed by atoms with E-state index in [0.717, 1.165) is 27.8 Å². The van der Waals surface area contributed by atoms with E-state index in [2.05, 4.69) is 123 Å². The van der Waals surface area contributed by atoms with Crippen molar-refractivity contribution in [3.05, 3.63) is 196 Å². The summed E-state index contributed by atoms with van der Waals surface area (Å²) < 4.78 is 104. The summed E-state index contributed by atoms with van der Waals surface area (Å²) in [5, 5.41) is 2.31. The third-order valence-electron chi connectivity index (χ3n) is 15.9. The molecule has 71 heavy (non-hydrogen) atoms. The van der Waals surface area contributed by atoms with Gasteiger partial charge >= 0.3 is 333 Å². The van der Waals surface area contributed by atoms with E-state index in [4.69, 9.17) is 17.9 Å². The molecule has 3 aromatic heterocycles. The van der Waals surface area contributed by atoms with Crippen LogP contribution in [0.25, 0.3) is 72.3 Å². The van der Waals surface area contributed by atoms with Crippen molar-refractivity contribution in [1.82, 2.24) is 18.7 Å². The van der Waals surface area contributed by atoms with Gasteiger partial charge in [0.25, 0.3) is 0 Å². The second kappa shape index (κ2) is 16.5. The van der Waals surface area contributed by atoms with Crippen LogP contribution in [0.3, 0.4) is 0 Å². The molecule has 0 amide bonds. The van der Waals surface area contributed by atoms with Crippen molar-refractivity contribution in [3.63, 3.8) is 0 Å². The van der Waals surface area contributed by atoms with Crippen LogP contribution in [-0.4, -0.2) is 18.7 Å². The first-order chi connectivity index (χ1) is 37.8. The van der Waals surface area contributed by atoms with Gasteiger partial charge in [0.1, 0.15) is 0 Å². The van der Waals surface area contributed by atoms with E-state index in [1.54, 1.807) is 12.1 Å². The Morgan fingerprint density at radius 3 is 1.77 bits per heavy atom. The molecule has 0 atom stereocenters. The SMILES string of the molecule is [2H]c1c([2H])c([2H])c(-c2cc(C(C)(C)C)cc(-c3c([2H])c([2H])c([2H])c([2H])c3[2H])c2-n2[c](=[Pt])n(-c3cccc(Oc4ccc5c6c7c(ccc6n(-c6cc(C(C)(C)C)ccn6)c5c4)C(C)(C)C(C)(C)C7(C)C)c3)c3ccccc32)c([2H])c1[2H]. The van der Waals surface area contributed by atoms with Gasteiger partial charge in [0.05, 0.1) is 0 Å². The van der Waals surface area contributed by atoms with Crippen LogP contribution in [0.5, 0.6) is 11.5 Å². The number of benzene rings is 7. The zero-order valence-corrected chi connectivity index (χ0v) is 44.7. The van der Waals surface area contributed by atoms with E-state index in [1.165, 1.54) is 22.1 Å². The Balaban J connectivity index is 1.14. The molecule has 0 N–H and O–H groups in total. The van der Waals surface area contributed by atoms with E-state index < -0.39 is 65.8 Å². The third-order valence-corrected chi connectivity index (χ3v) is 16.9. The molecule has 360 valence electrons. The summed E-state index contributed by atoms with van der Waals surface area (Å²) in [5.74, 6) is 1.97. The Bertz CT molecular complexity index is 4270. The van der Waals surface area contributed by atoms with Crippen molar-refractivity contribution in [2.75, 3.05) is 0 Å². The summed E-state index contributed by atoms with van der Waals surface area (Å²) in [4.78, 5) is 5.03. The molecular weight excluding hydrogens is 1050 g/mol. The molecule has 0 saturated heterocycles. The van der Waals surface area contributed by atoms with E-state index in [0.29, 0.717) is 32.1 Å². The summed E-state index contributed by atoms with van der Waals surface area (Å²) in [6, 6.07) is 29.1. The number of hydrogen-bond acceptors (Lipinski definition) is 2. The van der Waals surface area contributed by atoms with Crippen molar-refractivity contribution in [3.8, 4) is 50.9 Å². The number of aromatic nitrogens is 4. The van der Waals surface area contributed by atoms with Crippen molar-refractivity contribution in [2.45, 2.75) is 105 Å². The Labute approximate surface area is 444 Å². The fraction of sp³-hybridized carbons (Fsp3) is 0.262. The van der Waals surface area contributed by atoms with Crippen molar-refractivity contribution < 1.29 is 37.8 Å². The molecule has 0 saturated carbocycles. The van der Waals surface area contributed by atoms with Gasteiger partial charge in [-0.25, -0.2) is 0 Å². The maximum absolute atomic E-state index is 9.35. The molecule has 0 aliphatic heterocycles. The zero-order chi connectivity index (χ0) is 58.7. The molecule has 10 aromatic rings. The summed E-state index contributed by atoms with van der Waals surface area (Å²) in [5.41, 5.74) is 8.00. The van der Waals surface area contributed by atoms with Crippen molar-refractivity contribution in [2.24, 2.45) is 5.41 Å². The summed E-state index contributed by atoms with van der Waals surface area (Å²) in [6.45, 7) is 26.8. The number of para-hydroxylation sites is 2. The van der Waals surface area contributed by atoms with E-state index in [1.807, 2.05) is 90.7 Å². The van der Waals surface area contributed by atoms with Gasteiger partial charge in [-0.1, -0.05) is 68.4 Å². The predicted octanol–water partition coefficient (Wildman–Crippen LogP) is 17.3. The molecule has 0 unspecified atom stereocenters. The first-order valence-corrected chi connectivity index (χ1v) is 25.3. The van der Waals surface area contributed by atoms with E-state index >= 15 is 0 Å². The minimum absolute atomic E-state index is 0.0676. The van der Waals surface area contributed by atoms with Crippen LogP contribution >= 0.6 is 0 Å². The monoisotopic (exact) mass is 1120 g/mol. The van der Waals surface area contributed by atoms with Gasteiger partial charge in [0, 0.05) is 6.20 Å². The van der Waals surface area contributed by atoms with Crippen molar-refractivity contribution >= 4 is 32.8 Å². The van der Waals surface area contributed by atoms with Gasteiger partial charge in [-0.05, 0) is 38.9 Å². The molecule has 0 bridgehead atoms. The van der Waals surface area contributed by atoms with E-state index in [-0.39, 0.29) is 49.6 Å². The minimum atomic E-state index is -0.629. The number of imidazole rings is 1. The van der Waals surface area contributed by atoms with Crippen molar-refractivity contribution in [1.29, 1.82) is 0 Å². The predicted molar refractivity (Wildman–Crippen MR) is 293 cm³/mol. The number of nitrogens with zero attached hydrogens (tertiary/aromatic N) is 4. The van der Waals surface area contributed by atoms with Gasteiger partial charge in [-0.2, -0.15) is 0 Å². The quantitative estimate of drug-likeness (QED) is 0.159. The molecular formula is C65H64N4OPt. The van der Waals surface area contributed by atoms with Crippen LogP contribution in [0, 0.1) is 9.22 Å². The molecule has 0 radical (unpaired) electrons. The number of ether oxygens (including phenoxy) is 1. The maximum atomic E-state index is 9.35. The Morgan fingerprint density at radius 1 is 0.549 bits per heavy atom. The molecule has 5 nitrogen and oxygen atoms in total. The summed E-state index contributed by atoms with van der Waals surface area (Å²) in [7, 11) is 0. The normalized spacial score (nSPS) is 17.2.